The van der Waals surface area contributed by atoms with E-state index in [2.05, 4.69) is 49.2 Å². The molecule has 10 atom stereocenters. The van der Waals surface area contributed by atoms with Crippen LogP contribution in [-0.4, -0.2) is 181 Å². The maximum absolute atomic E-state index is 14.7. The number of carboxylic acids is 1. The Morgan fingerprint density at radius 1 is 0.566 bits per heavy atom. The average Bonchev–Trinajstić information content (AvgIpc) is 1.58. The molecule has 6 aromatic rings. The number of methoxy groups -OCH3 is 2. The van der Waals surface area contributed by atoms with Crippen molar-refractivity contribution in [1.82, 2.24) is 50.9 Å². The molecule has 4 unspecified atom stereocenters. The lowest BCUT2D eigenvalue weighted by molar-refractivity contribution is -0.143. The minimum Gasteiger partial charge on any atom is -0.497 e. The molecule has 8 N–H and O–H groups in total. The normalized spacial score (nSPS) is 22.5. The van der Waals surface area contributed by atoms with Crippen LogP contribution >= 0.6 is 0 Å². The highest BCUT2D eigenvalue weighted by molar-refractivity contribution is 7.91. The quantitative estimate of drug-likeness (QED) is 0.0261. The van der Waals surface area contributed by atoms with Crippen LogP contribution in [0.4, 0.5) is 9.59 Å². The SMILES string of the molecule is C=CC1CC1(NC(=O)[C@@H]1C[C@@H](Oc2cc(-c3ccccc3)nc3cc(OC)ccc23)CN1)C(=O)NS(=O)(=O)C1CC1.C=CC1CC1(NC(=O)[C@@H]1C[C@@H](Oc2cc(-c3ccccc3)nc3cc(OC)ccc23)CN1C(=O)[C@@H](NC(=O)OC(C)(C)C)C(C)(C)C)C(=O)NS(=O)(=O)C1CC1.CC(C)(C)OC(=O)N[C@H](C(=O)O)C(C)(C)C. The molecule has 4 heterocycles. The van der Waals surface area contributed by atoms with E-state index in [9.17, 15) is 55.2 Å². The van der Waals surface area contributed by atoms with Crippen molar-refractivity contribution < 1.29 is 88.7 Å². The zero-order valence-electron chi connectivity index (χ0n) is 66.3. The number of alkyl carbamates (subject to hydrolysis) is 2. The average molecular weight is 1600 g/mol. The standard InChI is InChI=1S/C41H51N5O9S.C30H32N4O6S.C11H21NO4/c1-9-25-22-41(25,37(49)45-56(51,52)28-16-17-28)44-35(47)32-20-27(23-46(32)36(48)34(39(2,3)4)43-38(50)55-40(5,6)7)54-33-21-30(24-13-11-10-12-14-24)42-31-19-26(53-8)15-18-29(31)33;1-3-19-16-30(19,29(36)34-41(37,38)22-10-11-22)33-28(35)26-14-21(17-31-26)40-27-15-24(18-7-5-4-6-8-18)32-25-13-20(39-2)9-12-23(25)27;1-10(2,3)7(8(13)14)12-9(15)16-11(4,5)6/h9-15,18-19,21,25,27-28,32,34H,1,16-17,20,22-23H2,2-8H3,(H,43,50)(H,44,47)(H,45,49);3-9,12-13,15,19,21-22,26,31H,1,10-11,14,16-17H2,2H3,(H,33,35)(H,34,36);7H,1-6H3,(H,12,15)(H,13,14)/t25?,27-,32+,34-,41?;19?,21-,26+,30?;7-/m111/s1. The number of benzene rings is 4. The Morgan fingerprint density at radius 2 is 0.982 bits per heavy atom. The van der Waals surface area contributed by atoms with E-state index in [0.717, 1.165) is 27.7 Å². The molecule has 29 nitrogen and oxygen atoms in total. The van der Waals surface area contributed by atoms with Gasteiger partial charge in [-0.3, -0.25) is 33.4 Å². The molecule has 4 saturated carbocycles. The van der Waals surface area contributed by atoms with Crippen molar-refractivity contribution in [3.8, 4) is 45.5 Å². The lowest BCUT2D eigenvalue weighted by Crippen LogP contribution is -2.60. The fourth-order valence-electron chi connectivity index (χ4n) is 13.4. The van der Waals surface area contributed by atoms with Crippen LogP contribution in [0.3, 0.4) is 0 Å². The van der Waals surface area contributed by atoms with Crippen LogP contribution in [0.5, 0.6) is 23.0 Å². The summed E-state index contributed by atoms with van der Waals surface area (Å²) in [6.07, 6.45) is 3.29. The number of carbonyl (C=O) groups is 8. The zero-order chi connectivity index (χ0) is 82.7. The number of aromatic nitrogens is 2. The number of carbonyl (C=O) groups excluding carboxylic acids is 7. The van der Waals surface area contributed by atoms with Crippen LogP contribution in [0.1, 0.15) is 134 Å². The Bertz CT molecular complexity index is 4860. The van der Waals surface area contributed by atoms with Gasteiger partial charge in [0.1, 0.15) is 75.6 Å². The van der Waals surface area contributed by atoms with Crippen LogP contribution in [0.2, 0.25) is 0 Å². The summed E-state index contributed by atoms with van der Waals surface area (Å²) in [5, 5.41) is 23.2. The van der Waals surface area contributed by atoms with Crippen molar-refractivity contribution in [1.29, 1.82) is 0 Å². The third-order valence-electron chi connectivity index (χ3n) is 20.0. The summed E-state index contributed by atoms with van der Waals surface area (Å²) < 4.78 is 89.1. The van der Waals surface area contributed by atoms with Crippen molar-refractivity contribution in [2.45, 2.75) is 204 Å². The lowest BCUT2D eigenvalue weighted by Gasteiger charge is -2.36. The monoisotopic (exact) mass is 1600 g/mol. The Morgan fingerprint density at radius 3 is 1.36 bits per heavy atom. The molecule has 2 saturated heterocycles. The van der Waals surface area contributed by atoms with E-state index < -0.39 is 142 Å². The predicted molar refractivity (Wildman–Crippen MR) is 424 cm³/mol. The number of amides is 7. The Hall–Kier alpha value is -10.4. The number of pyridine rings is 2. The Labute approximate surface area is 659 Å². The molecule has 6 fully saturated rings. The van der Waals surface area contributed by atoms with Gasteiger partial charge in [-0.15, -0.1) is 13.2 Å². The first-order chi connectivity index (χ1) is 52.9. The number of sulfonamides is 2. The molecule has 0 bridgehead atoms. The second kappa shape index (κ2) is 33.3. The van der Waals surface area contributed by atoms with Crippen LogP contribution < -0.4 is 55.0 Å². The molecule has 4 aliphatic carbocycles. The fraction of sp³-hybridized carbons (Fsp3) is 0.488. The van der Waals surface area contributed by atoms with E-state index in [4.69, 9.17) is 43.5 Å². The molecular weight excluding hydrogens is 1490 g/mol. The number of likely N-dealkylation sites (tertiary alicyclic amines) is 1. The number of nitrogens with one attached hydrogen (secondary N) is 7. The number of aliphatic carboxylic acids is 1. The number of fused-ring (bicyclic) bond motifs is 2. The smallest absolute Gasteiger partial charge is 0.408 e. The first-order valence-corrected chi connectivity index (χ1v) is 40.7. The van der Waals surface area contributed by atoms with Gasteiger partial charge in [-0.2, -0.15) is 0 Å². The molecule has 7 amide bonds. The summed E-state index contributed by atoms with van der Waals surface area (Å²) in [6, 6.07) is 30.2. The molecular formula is C82H104N10O19S2. The van der Waals surface area contributed by atoms with E-state index in [1.807, 2.05) is 97.1 Å². The molecule has 2 aliphatic heterocycles. The largest absolute Gasteiger partial charge is 0.497 e. The number of hydrogen-bond acceptors (Lipinski definition) is 21. The first-order valence-electron chi connectivity index (χ1n) is 37.6. The second-order valence-electron chi connectivity index (χ2n) is 33.5. The third-order valence-corrected chi connectivity index (χ3v) is 23.6. The highest BCUT2D eigenvalue weighted by Gasteiger charge is 2.63. The molecule has 0 radical (unpaired) electrons. The van der Waals surface area contributed by atoms with Crippen molar-refractivity contribution in [2.75, 3.05) is 27.3 Å². The van der Waals surface area contributed by atoms with Crippen molar-refractivity contribution in [2.24, 2.45) is 22.7 Å². The van der Waals surface area contributed by atoms with Crippen LogP contribution in [0, 0.1) is 22.7 Å². The van der Waals surface area contributed by atoms with Gasteiger partial charge in [0, 0.05) is 77.4 Å². The highest BCUT2D eigenvalue weighted by atomic mass is 32.2. The summed E-state index contributed by atoms with van der Waals surface area (Å²) in [7, 11) is -4.49. The van der Waals surface area contributed by atoms with Gasteiger partial charge in [0.25, 0.3) is 11.8 Å². The predicted octanol–water partition coefficient (Wildman–Crippen LogP) is 9.57. The fourth-order valence-corrected chi connectivity index (χ4v) is 16.1. The van der Waals surface area contributed by atoms with Gasteiger partial charge in [0.05, 0.1) is 59.7 Å². The van der Waals surface area contributed by atoms with Crippen molar-refractivity contribution >= 4 is 89.5 Å². The summed E-state index contributed by atoms with van der Waals surface area (Å²) >= 11 is 0. The topological polar surface area (TPSA) is 394 Å². The molecule has 12 rings (SSSR count). The highest BCUT2D eigenvalue weighted by Crippen LogP contribution is 2.47. The lowest BCUT2D eigenvalue weighted by atomic mass is 9.85. The van der Waals surface area contributed by atoms with Gasteiger partial charge in [-0.25, -0.2) is 41.2 Å². The van der Waals surface area contributed by atoms with Gasteiger partial charge in [-0.05, 0) is 115 Å². The van der Waals surface area contributed by atoms with Crippen molar-refractivity contribution in [3.05, 3.63) is 135 Å². The van der Waals surface area contributed by atoms with E-state index in [1.54, 1.807) is 116 Å². The van der Waals surface area contributed by atoms with Gasteiger partial charge in [-0.1, -0.05) is 114 Å². The minimum atomic E-state index is -3.92. The van der Waals surface area contributed by atoms with E-state index in [1.165, 1.54) is 11.0 Å². The molecule has 31 heteroatoms. The Balaban J connectivity index is 0.000000207. The summed E-state index contributed by atoms with van der Waals surface area (Å²) in [6.45, 7) is 28.8. The number of nitrogens with zero attached hydrogens (tertiary/aromatic N) is 3. The van der Waals surface area contributed by atoms with E-state index in [0.29, 0.717) is 84.7 Å². The van der Waals surface area contributed by atoms with Crippen molar-refractivity contribution in [3.63, 3.8) is 0 Å². The minimum absolute atomic E-state index is 0.0122. The molecule has 113 heavy (non-hydrogen) atoms. The first kappa shape index (κ1) is 85.0. The van der Waals surface area contributed by atoms with E-state index >= 15 is 0 Å². The van der Waals surface area contributed by atoms with E-state index in [-0.39, 0.29) is 37.3 Å². The van der Waals surface area contributed by atoms with Gasteiger partial charge < -0.3 is 65.0 Å². The maximum Gasteiger partial charge on any atom is 0.408 e. The van der Waals surface area contributed by atoms with Gasteiger partial charge in [0.15, 0.2) is 0 Å². The Kier molecular flexibility index (Phi) is 25.1. The summed E-state index contributed by atoms with van der Waals surface area (Å²) in [5.41, 5.74) is -1.26. The molecule has 0 spiro atoms. The number of rotatable bonds is 24. The zero-order valence-corrected chi connectivity index (χ0v) is 67.9. The molecule has 2 aromatic heterocycles. The van der Waals surface area contributed by atoms with Crippen LogP contribution in [-0.2, 0) is 58.3 Å². The third kappa shape index (κ3) is 21.1. The number of carboxylic acid groups (broad SMARTS) is 1. The number of hydrogen-bond donors (Lipinski definition) is 8. The van der Waals surface area contributed by atoms with Gasteiger partial charge in [0.2, 0.25) is 37.8 Å². The van der Waals surface area contributed by atoms with Gasteiger partial charge >= 0.3 is 18.2 Å². The summed E-state index contributed by atoms with van der Waals surface area (Å²) in [4.78, 5) is 115. The number of ether oxygens (including phenoxy) is 6. The maximum atomic E-state index is 14.7. The van der Waals surface area contributed by atoms with Crippen LogP contribution in [0.25, 0.3) is 44.3 Å². The second-order valence-corrected chi connectivity index (χ2v) is 37.4. The molecule has 4 aromatic carbocycles. The summed E-state index contributed by atoms with van der Waals surface area (Å²) in [5.74, 6) is -2.74. The molecule has 608 valence electrons. The van der Waals surface area contributed by atoms with Crippen LogP contribution in [0.15, 0.2) is 135 Å². The molecule has 6 aliphatic rings.